The lowest BCUT2D eigenvalue weighted by molar-refractivity contribution is -0.127. The Bertz CT molecular complexity index is 942. The van der Waals surface area contributed by atoms with E-state index in [0.717, 1.165) is 29.8 Å². The smallest absolute Gasteiger partial charge is 0.241 e. The van der Waals surface area contributed by atoms with E-state index in [1.165, 1.54) is 12.1 Å². The third-order valence-electron chi connectivity index (χ3n) is 5.17. The van der Waals surface area contributed by atoms with Crippen LogP contribution >= 0.6 is 11.3 Å². The molecule has 2 atom stereocenters. The maximum atomic E-state index is 13.1. The molecule has 1 saturated heterocycles. The Balaban J connectivity index is 1.33. The van der Waals surface area contributed by atoms with Gasteiger partial charge in [0, 0.05) is 6.54 Å². The van der Waals surface area contributed by atoms with E-state index >= 15 is 0 Å². The van der Waals surface area contributed by atoms with Crippen LogP contribution in [0.4, 0.5) is 4.39 Å². The van der Waals surface area contributed by atoms with Gasteiger partial charge in [-0.15, -0.1) is 11.3 Å². The van der Waals surface area contributed by atoms with Crippen molar-refractivity contribution in [2.75, 3.05) is 13.1 Å². The van der Waals surface area contributed by atoms with Crippen molar-refractivity contribution in [2.24, 2.45) is 5.92 Å². The zero-order valence-corrected chi connectivity index (χ0v) is 17.0. The molecule has 1 N–H and O–H groups in total. The summed E-state index contributed by atoms with van der Waals surface area (Å²) in [7, 11) is 0. The van der Waals surface area contributed by atoms with Crippen LogP contribution in [0.25, 0.3) is 10.7 Å². The number of carbonyl (C=O) groups excluding carboxylic acids is 1. The van der Waals surface area contributed by atoms with Gasteiger partial charge < -0.3 is 9.84 Å². The number of aromatic nitrogens is 2. The number of nitrogens with zero attached hydrogens (tertiary/aromatic N) is 3. The summed E-state index contributed by atoms with van der Waals surface area (Å²) in [6.45, 7) is 4.00. The molecular formula is C21H23FN4O2S. The molecule has 152 valence electrons. The Morgan fingerprint density at radius 2 is 2.21 bits per heavy atom. The lowest BCUT2D eigenvalue weighted by Crippen LogP contribution is -2.43. The molecule has 0 saturated carbocycles. The Kier molecular flexibility index (Phi) is 6.01. The summed E-state index contributed by atoms with van der Waals surface area (Å²) < 4.78 is 18.5. The van der Waals surface area contributed by atoms with Crippen molar-refractivity contribution in [3.63, 3.8) is 0 Å². The number of halogens is 1. The first-order valence-corrected chi connectivity index (χ1v) is 10.6. The standard InChI is InChI=1S/C21H23FN4O2S/c1-14(15-6-8-17(22)9-7-15)23-21(27)16-4-2-10-26(12-16)13-19-24-20(25-28-19)18-5-3-11-29-18/h3,5-9,11,14,16H,2,4,10,12-13H2,1H3,(H,23,27). The molecule has 2 aromatic heterocycles. The van der Waals surface area contributed by atoms with Gasteiger partial charge in [0.1, 0.15) is 5.82 Å². The summed E-state index contributed by atoms with van der Waals surface area (Å²) in [5.41, 5.74) is 0.888. The Morgan fingerprint density at radius 3 is 2.97 bits per heavy atom. The largest absolute Gasteiger partial charge is 0.349 e. The highest BCUT2D eigenvalue weighted by Gasteiger charge is 2.28. The Hall–Kier alpha value is -2.58. The molecule has 8 heteroatoms. The van der Waals surface area contributed by atoms with Gasteiger partial charge in [-0.2, -0.15) is 4.98 Å². The lowest BCUT2D eigenvalue weighted by atomic mass is 9.96. The topological polar surface area (TPSA) is 71.3 Å². The molecule has 6 nitrogen and oxygen atoms in total. The van der Waals surface area contributed by atoms with E-state index in [0.29, 0.717) is 24.8 Å². The first-order valence-electron chi connectivity index (χ1n) is 9.73. The van der Waals surface area contributed by atoms with Crippen LogP contribution in [-0.2, 0) is 11.3 Å². The molecule has 1 amide bonds. The van der Waals surface area contributed by atoms with E-state index in [2.05, 4.69) is 20.4 Å². The van der Waals surface area contributed by atoms with E-state index in [9.17, 15) is 9.18 Å². The second kappa shape index (κ2) is 8.84. The number of hydrogen-bond acceptors (Lipinski definition) is 6. The number of hydrogen-bond donors (Lipinski definition) is 1. The molecule has 3 aromatic rings. The van der Waals surface area contributed by atoms with Gasteiger partial charge in [-0.1, -0.05) is 23.4 Å². The van der Waals surface area contributed by atoms with Gasteiger partial charge in [-0.3, -0.25) is 9.69 Å². The fourth-order valence-electron chi connectivity index (χ4n) is 3.60. The number of amides is 1. The highest BCUT2D eigenvalue weighted by atomic mass is 32.1. The zero-order valence-electron chi connectivity index (χ0n) is 16.2. The first kappa shape index (κ1) is 19.7. The van der Waals surface area contributed by atoms with Crippen LogP contribution in [0.3, 0.4) is 0 Å². The minimum atomic E-state index is -0.279. The molecule has 0 radical (unpaired) electrons. The molecule has 0 spiro atoms. The summed E-state index contributed by atoms with van der Waals surface area (Å²) in [6.07, 6.45) is 1.79. The molecular weight excluding hydrogens is 391 g/mol. The van der Waals surface area contributed by atoms with Crippen molar-refractivity contribution in [3.8, 4) is 10.7 Å². The third kappa shape index (κ3) is 4.89. The predicted octanol–water partition coefficient (Wildman–Crippen LogP) is 4.03. The second-order valence-electron chi connectivity index (χ2n) is 7.35. The highest BCUT2D eigenvalue weighted by molar-refractivity contribution is 7.13. The van der Waals surface area contributed by atoms with Gasteiger partial charge in [0.25, 0.3) is 0 Å². The summed E-state index contributed by atoms with van der Waals surface area (Å²) >= 11 is 1.57. The normalized spacial score (nSPS) is 18.5. The second-order valence-corrected chi connectivity index (χ2v) is 8.29. The molecule has 3 heterocycles. The van der Waals surface area contributed by atoms with Crippen molar-refractivity contribution < 1.29 is 13.7 Å². The van der Waals surface area contributed by atoms with Crippen molar-refractivity contribution in [2.45, 2.75) is 32.4 Å². The molecule has 0 bridgehead atoms. The van der Waals surface area contributed by atoms with E-state index in [4.69, 9.17) is 4.52 Å². The number of rotatable bonds is 6. The number of nitrogens with one attached hydrogen (secondary N) is 1. The Morgan fingerprint density at radius 1 is 1.38 bits per heavy atom. The number of thiophene rings is 1. The van der Waals surface area contributed by atoms with E-state index in [1.54, 1.807) is 23.5 Å². The van der Waals surface area contributed by atoms with Crippen molar-refractivity contribution in [1.82, 2.24) is 20.4 Å². The molecule has 1 aliphatic rings. The SMILES string of the molecule is CC(NC(=O)C1CCCN(Cc2nc(-c3cccs3)no2)C1)c1ccc(F)cc1. The molecule has 1 fully saturated rings. The average molecular weight is 415 g/mol. The minimum Gasteiger partial charge on any atom is -0.349 e. The Labute approximate surface area is 172 Å². The van der Waals surface area contributed by atoms with E-state index in [1.807, 2.05) is 24.4 Å². The van der Waals surface area contributed by atoms with Gasteiger partial charge >= 0.3 is 0 Å². The summed E-state index contributed by atoms with van der Waals surface area (Å²) in [5.74, 6) is 0.824. The van der Waals surface area contributed by atoms with Gasteiger partial charge in [0.2, 0.25) is 17.6 Å². The molecule has 0 aliphatic carbocycles. The number of benzene rings is 1. The maximum Gasteiger partial charge on any atom is 0.241 e. The summed E-state index contributed by atoms with van der Waals surface area (Å²) in [4.78, 5) is 20.4. The quantitative estimate of drug-likeness (QED) is 0.660. The van der Waals surface area contributed by atoms with Gasteiger partial charge in [0.15, 0.2) is 0 Å². The van der Waals surface area contributed by atoms with Crippen LogP contribution in [-0.4, -0.2) is 34.0 Å². The summed E-state index contributed by atoms with van der Waals surface area (Å²) in [5, 5.41) is 9.08. The lowest BCUT2D eigenvalue weighted by Gasteiger charge is -2.31. The monoisotopic (exact) mass is 414 g/mol. The predicted molar refractivity (Wildman–Crippen MR) is 109 cm³/mol. The number of piperidine rings is 1. The van der Waals surface area contributed by atoms with E-state index in [-0.39, 0.29) is 23.7 Å². The first-order chi connectivity index (χ1) is 14.1. The van der Waals surface area contributed by atoms with Gasteiger partial charge in [-0.25, -0.2) is 4.39 Å². The highest BCUT2D eigenvalue weighted by Crippen LogP contribution is 2.23. The number of carbonyl (C=O) groups is 1. The van der Waals surface area contributed by atoms with Gasteiger partial charge in [-0.05, 0) is 55.5 Å². The van der Waals surface area contributed by atoms with Crippen LogP contribution in [0.5, 0.6) is 0 Å². The van der Waals surface area contributed by atoms with Crippen LogP contribution in [0, 0.1) is 11.7 Å². The maximum absolute atomic E-state index is 13.1. The molecule has 1 aliphatic heterocycles. The molecule has 4 rings (SSSR count). The zero-order chi connectivity index (χ0) is 20.2. The van der Waals surface area contributed by atoms with Crippen molar-refractivity contribution in [1.29, 1.82) is 0 Å². The average Bonchev–Trinajstić information content (AvgIpc) is 3.40. The van der Waals surface area contributed by atoms with Crippen molar-refractivity contribution in [3.05, 3.63) is 59.0 Å². The van der Waals surface area contributed by atoms with Crippen LogP contribution in [0.2, 0.25) is 0 Å². The van der Waals surface area contributed by atoms with Crippen LogP contribution in [0.15, 0.2) is 46.3 Å². The minimum absolute atomic E-state index is 0.0244. The molecule has 29 heavy (non-hydrogen) atoms. The van der Waals surface area contributed by atoms with Gasteiger partial charge in [0.05, 0.1) is 23.4 Å². The van der Waals surface area contributed by atoms with Crippen LogP contribution < -0.4 is 5.32 Å². The third-order valence-corrected chi connectivity index (χ3v) is 6.04. The van der Waals surface area contributed by atoms with Crippen LogP contribution in [0.1, 0.15) is 37.3 Å². The molecule has 1 aromatic carbocycles. The summed E-state index contributed by atoms with van der Waals surface area (Å²) in [6, 6.07) is 9.98. The molecule has 2 unspecified atom stereocenters. The fraction of sp³-hybridized carbons (Fsp3) is 0.381. The van der Waals surface area contributed by atoms with Crippen molar-refractivity contribution >= 4 is 17.2 Å². The van der Waals surface area contributed by atoms with E-state index < -0.39 is 0 Å². The number of likely N-dealkylation sites (tertiary alicyclic amines) is 1. The fourth-order valence-corrected chi connectivity index (χ4v) is 4.24.